The van der Waals surface area contributed by atoms with E-state index in [2.05, 4.69) is 20.5 Å². The summed E-state index contributed by atoms with van der Waals surface area (Å²) in [5.74, 6) is -1.01. The molecule has 0 unspecified atom stereocenters. The van der Waals surface area contributed by atoms with Crippen LogP contribution >= 0.6 is 0 Å². The van der Waals surface area contributed by atoms with E-state index in [4.69, 9.17) is 0 Å². The number of aromatic nitrogens is 2. The number of nitro groups is 1. The summed E-state index contributed by atoms with van der Waals surface area (Å²) in [6.07, 6.45) is 5.27. The molecule has 0 fully saturated rings. The minimum Gasteiger partial charge on any atom is -0.502 e. The summed E-state index contributed by atoms with van der Waals surface area (Å²) in [5.41, 5.74) is 2.20. The smallest absolute Gasteiger partial charge is 0.311 e. The van der Waals surface area contributed by atoms with Crippen LogP contribution in [-0.2, 0) is 0 Å². The van der Waals surface area contributed by atoms with Crippen LogP contribution in [0.15, 0.2) is 41.9 Å². The first-order valence-electron chi connectivity index (χ1n) is 5.65. The van der Waals surface area contributed by atoms with Gasteiger partial charge < -0.3 is 5.11 Å². The van der Waals surface area contributed by atoms with Gasteiger partial charge in [0.05, 0.1) is 17.3 Å². The van der Waals surface area contributed by atoms with Crippen molar-refractivity contribution < 1.29 is 14.8 Å². The number of hydrogen-bond donors (Lipinski definition) is 2. The Morgan fingerprint density at radius 1 is 1.43 bits per heavy atom. The number of carbonyl (C=O) groups is 1. The molecule has 21 heavy (non-hydrogen) atoms. The molecule has 1 aromatic heterocycles. The number of aromatic hydroxyl groups is 1. The second-order valence-corrected chi connectivity index (χ2v) is 3.80. The average molecular weight is 287 g/mol. The minimum absolute atomic E-state index is 0.0892. The molecule has 106 valence electrons. The van der Waals surface area contributed by atoms with Crippen molar-refractivity contribution in [2.75, 3.05) is 0 Å². The molecule has 1 amide bonds. The normalized spacial score (nSPS) is 10.5. The number of nitro benzene ring substituents is 1. The first-order valence-corrected chi connectivity index (χ1v) is 5.65. The van der Waals surface area contributed by atoms with Gasteiger partial charge in [-0.15, -0.1) is 0 Å². The Hall–Kier alpha value is -3.36. The predicted molar refractivity (Wildman–Crippen MR) is 71.9 cm³/mol. The maximum Gasteiger partial charge on any atom is 0.311 e. The zero-order chi connectivity index (χ0) is 15.2. The van der Waals surface area contributed by atoms with E-state index >= 15 is 0 Å². The van der Waals surface area contributed by atoms with Gasteiger partial charge in [0.25, 0.3) is 5.91 Å². The molecule has 0 saturated heterocycles. The Morgan fingerprint density at radius 2 is 2.24 bits per heavy atom. The van der Waals surface area contributed by atoms with Crippen molar-refractivity contribution in [3.05, 3.63) is 58.2 Å². The Labute approximate surface area is 118 Å². The van der Waals surface area contributed by atoms with E-state index in [0.717, 1.165) is 6.07 Å². The van der Waals surface area contributed by atoms with Crippen LogP contribution in [0.2, 0.25) is 0 Å². The molecule has 0 atom stereocenters. The molecule has 0 radical (unpaired) electrons. The first kappa shape index (κ1) is 14.1. The van der Waals surface area contributed by atoms with Crippen LogP contribution < -0.4 is 5.43 Å². The summed E-state index contributed by atoms with van der Waals surface area (Å²) in [4.78, 5) is 29.0. The van der Waals surface area contributed by atoms with Gasteiger partial charge in [-0.25, -0.2) is 10.4 Å². The molecule has 2 rings (SSSR count). The van der Waals surface area contributed by atoms with Gasteiger partial charge in [-0.05, 0) is 12.1 Å². The molecule has 9 nitrogen and oxygen atoms in total. The molecule has 2 N–H and O–H groups in total. The van der Waals surface area contributed by atoms with Crippen LogP contribution in [0, 0.1) is 10.1 Å². The van der Waals surface area contributed by atoms with Crippen LogP contribution in [0.3, 0.4) is 0 Å². The van der Waals surface area contributed by atoms with Crippen LogP contribution in [0.4, 0.5) is 5.69 Å². The van der Waals surface area contributed by atoms with Gasteiger partial charge in [0.1, 0.15) is 5.69 Å². The lowest BCUT2D eigenvalue weighted by molar-refractivity contribution is -0.385. The molecule has 0 saturated carbocycles. The molecule has 9 heteroatoms. The number of hydrogen-bond acceptors (Lipinski definition) is 7. The topological polar surface area (TPSA) is 131 Å². The summed E-state index contributed by atoms with van der Waals surface area (Å²) in [6, 6.07) is 3.72. The number of amides is 1. The number of carbonyl (C=O) groups excluding carboxylic acids is 1. The maximum atomic E-state index is 11.6. The third kappa shape index (κ3) is 3.56. The van der Waals surface area contributed by atoms with Gasteiger partial charge in [0.15, 0.2) is 5.75 Å². The molecular weight excluding hydrogens is 278 g/mol. The van der Waals surface area contributed by atoms with Crippen LogP contribution in [-0.4, -0.2) is 32.1 Å². The summed E-state index contributed by atoms with van der Waals surface area (Å²) in [5, 5.41) is 23.6. The van der Waals surface area contributed by atoms with Gasteiger partial charge in [-0.2, -0.15) is 5.10 Å². The quantitative estimate of drug-likeness (QED) is 0.487. The summed E-state index contributed by atoms with van der Waals surface area (Å²) < 4.78 is 0. The van der Waals surface area contributed by atoms with E-state index < -0.39 is 22.3 Å². The maximum absolute atomic E-state index is 11.6. The van der Waals surface area contributed by atoms with Crippen LogP contribution in [0.1, 0.15) is 16.1 Å². The van der Waals surface area contributed by atoms with Gasteiger partial charge >= 0.3 is 5.69 Å². The van der Waals surface area contributed by atoms with Crippen LogP contribution in [0.5, 0.6) is 5.75 Å². The third-order valence-corrected chi connectivity index (χ3v) is 2.37. The third-order valence-electron chi connectivity index (χ3n) is 2.37. The lowest BCUT2D eigenvalue weighted by Gasteiger charge is -1.99. The van der Waals surface area contributed by atoms with Crippen molar-refractivity contribution in [1.29, 1.82) is 0 Å². The van der Waals surface area contributed by atoms with Crippen molar-refractivity contribution >= 4 is 17.8 Å². The lowest BCUT2D eigenvalue weighted by Crippen LogP contribution is -2.19. The van der Waals surface area contributed by atoms with Crippen molar-refractivity contribution in [3.63, 3.8) is 0 Å². The highest BCUT2D eigenvalue weighted by Gasteiger charge is 2.12. The van der Waals surface area contributed by atoms with Gasteiger partial charge in [-0.3, -0.25) is 19.9 Å². The van der Waals surface area contributed by atoms with E-state index in [1.165, 1.54) is 36.9 Å². The van der Waals surface area contributed by atoms with E-state index in [1.54, 1.807) is 0 Å². The summed E-state index contributed by atoms with van der Waals surface area (Å²) >= 11 is 0. The SMILES string of the molecule is O=C(NN=Cc1ccc(O)c([N+](=O)[O-])c1)c1cnccn1. The summed E-state index contributed by atoms with van der Waals surface area (Å²) in [6.45, 7) is 0. The molecule has 0 spiro atoms. The standard InChI is InChI=1S/C12H9N5O4/c18-11-2-1-8(5-10(11)17(20)21)6-15-16-12(19)9-7-13-3-4-14-9/h1-7,18H,(H,16,19). The number of rotatable bonds is 4. The Balaban J connectivity index is 2.07. The monoisotopic (exact) mass is 287 g/mol. The molecule has 2 aromatic rings. The number of nitrogens with one attached hydrogen (secondary N) is 1. The number of phenols is 1. The fraction of sp³-hybridized carbons (Fsp3) is 0. The van der Waals surface area contributed by atoms with E-state index in [-0.39, 0.29) is 5.69 Å². The summed E-state index contributed by atoms with van der Waals surface area (Å²) in [7, 11) is 0. The molecule has 0 aliphatic heterocycles. The Bertz CT molecular complexity index is 702. The Morgan fingerprint density at radius 3 is 2.90 bits per heavy atom. The molecular formula is C12H9N5O4. The fourth-order valence-corrected chi connectivity index (χ4v) is 1.41. The lowest BCUT2D eigenvalue weighted by atomic mass is 10.2. The van der Waals surface area contributed by atoms with Crippen molar-refractivity contribution in [1.82, 2.24) is 15.4 Å². The van der Waals surface area contributed by atoms with E-state index in [1.807, 2.05) is 0 Å². The minimum atomic E-state index is -0.717. The molecule has 1 aromatic carbocycles. The predicted octanol–water partition coefficient (Wildman–Crippen LogP) is 0.854. The number of nitrogens with zero attached hydrogens (tertiary/aromatic N) is 4. The molecule has 0 aliphatic rings. The van der Waals surface area contributed by atoms with Crippen molar-refractivity contribution in [2.24, 2.45) is 5.10 Å². The second kappa shape index (κ2) is 6.19. The largest absolute Gasteiger partial charge is 0.502 e. The van der Waals surface area contributed by atoms with Gasteiger partial charge in [0, 0.05) is 24.0 Å². The number of phenolic OH excluding ortho intramolecular Hbond substituents is 1. The Kier molecular flexibility index (Phi) is 4.14. The first-order chi connectivity index (χ1) is 10.1. The zero-order valence-corrected chi connectivity index (χ0v) is 10.5. The van der Waals surface area contributed by atoms with Gasteiger partial charge in [-0.1, -0.05) is 0 Å². The molecule has 0 aliphatic carbocycles. The van der Waals surface area contributed by atoms with Gasteiger partial charge in [0.2, 0.25) is 0 Å². The average Bonchev–Trinajstić information content (AvgIpc) is 2.49. The van der Waals surface area contributed by atoms with E-state index in [9.17, 15) is 20.0 Å². The highest BCUT2D eigenvalue weighted by molar-refractivity contribution is 5.92. The van der Waals surface area contributed by atoms with Crippen LogP contribution in [0.25, 0.3) is 0 Å². The highest BCUT2D eigenvalue weighted by Crippen LogP contribution is 2.25. The fourth-order valence-electron chi connectivity index (χ4n) is 1.41. The zero-order valence-electron chi connectivity index (χ0n) is 10.5. The second-order valence-electron chi connectivity index (χ2n) is 3.80. The number of benzene rings is 1. The molecule has 0 bridgehead atoms. The van der Waals surface area contributed by atoms with Crippen molar-refractivity contribution in [2.45, 2.75) is 0 Å². The number of hydrazone groups is 1. The highest BCUT2D eigenvalue weighted by atomic mass is 16.6. The molecule has 1 heterocycles. The van der Waals surface area contributed by atoms with Crippen molar-refractivity contribution in [3.8, 4) is 5.75 Å². The van der Waals surface area contributed by atoms with E-state index in [0.29, 0.717) is 5.56 Å².